The third-order valence-corrected chi connectivity index (χ3v) is 4.42. The fourth-order valence-corrected chi connectivity index (χ4v) is 2.82. The number of aliphatic imine (C=N–C) groups is 1. The molecule has 0 saturated carbocycles. The van der Waals surface area contributed by atoms with Crippen LogP contribution in [0.3, 0.4) is 0 Å². The average molecular weight is 455 g/mol. The molecule has 0 aliphatic rings. The van der Waals surface area contributed by atoms with Crippen molar-refractivity contribution in [2.75, 3.05) is 26.0 Å². The summed E-state index contributed by atoms with van der Waals surface area (Å²) in [5.41, 5.74) is 0.523. The molecule has 3 aromatic rings. The Balaban J connectivity index is 1.83. The third-order valence-electron chi connectivity index (χ3n) is 3.81. The van der Waals surface area contributed by atoms with Crippen molar-refractivity contribution in [3.05, 3.63) is 39.0 Å². The highest BCUT2D eigenvalue weighted by Crippen LogP contribution is 2.26. The Bertz CT molecular complexity index is 1040. The van der Waals surface area contributed by atoms with Crippen molar-refractivity contribution >= 4 is 27.6 Å². The van der Waals surface area contributed by atoms with Crippen LogP contribution in [0.1, 0.15) is 12.8 Å². The summed E-state index contributed by atoms with van der Waals surface area (Å²) in [4.78, 5) is 16.1. The molecule has 12 heteroatoms. The van der Waals surface area contributed by atoms with Gasteiger partial charge in [-0.15, -0.1) is 0 Å². The molecule has 0 fully saturated rings. The number of ether oxygens (including phenoxy) is 1. The molecule has 0 unspecified atom stereocenters. The molecule has 1 aromatic carbocycles. The van der Waals surface area contributed by atoms with Crippen LogP contribution in [0.25, 0.3) is 17.2 Å². The zero-order chi connectivity index (χ0) is 20.1. The molecular formula is C16H16BrFN6O4. The smallest absolute Gasteiger partial charge is 0.446 e. The summed E-state index contributed by atoms with van der Waals surface area (Å²) in [6, 6.07) is 4.05. The van der Waals surface area contributed by atoms with E-state index in [2.05, 4.69) is 41.7 Å². The molecule has 0 atom stereocenters. The molecule has 0 bridgehead atoms. The number of methoxy groups -OCH3 is 1. The number of benzene rings is 1. The lowest BCUT2D eigenvalue weighted by molar-refractivity contribution is 0.309. The summed E-state index contributed by atoms with van der Waals surface area (Å²) in [7, 11) is 3.22. The summed E-state index contributed by atoms with van der Waals surface area (Å²) in [6.07, 6.45) is 1.35. The molecular weight excluding hydrogens is 439 g/mol. The van der Waals surface area contributed by atoms with Gasteiger partial charge in [0.25, 0.3) is 0 Å². The van der Waals surface area contributed by atoms with Crippen LogP contribution in [-0.2, 0) is 4.74 Å². The minimum atomic E-state index is -0.758. The molecule has 0 aliphatic carbocycles. The molecule has 28 heavy (non-hydrogen) atoms. The second-order valence-corrected chi connectivity index (χ2v) is 6.37. The van der Waals surface area contributed by atoms with Gasteiger partial charge in [0.05, 0.1) is 17.3 Å². The van der Waals surface area contributed by atoms with Gasteiger partial charge in [-0.3, -0.25) is 9.52 Å². The zero-order valence-electron chi connectivity index (χ0n) is 15.0. The predicted molar refractivity (Wildman–Crippen MR) is 101 cm³/mol. The molecule has 1 N–H and O–H groups in total. The van der Waals surface area contributed by atoms with Crippen LogP contribution in [0.5, 0.6) is 0 Å². The third kappa shape index (κ3) is 4.11. The molecule has 2 aromatic heterocycles. The quantitative estimate of drug-likeness (QED) is 0.328. The number of nitrogens with one attached hydrogen (secondary N) is 1. The number of rotatable bonds is 7. The SMILES string of the molecule is C/N=C(/CCCNc1nonc1-c1noc(=O)n1-c1ccc(F)c(Br)c1)OC. The van der Waals surface area contributed by atoms with E-state index in [1.165, 1.54) is 18.2 Å². The van der Waals surface area contributed by atoms with E-state index in [0.717, 1.165) is 4.57 Å². The highest BCUT2D eigenvalue weighted by Gasteiger charge is 2.23. The van der Waals surface area contributed by atoms with E-state index < -0.39 is 11.6 Å². The van der Waals surface area contributed by atoms with Crippen LogP contribution in [-0.4, -0.2) is 46.6 Å². The van der Waals surface area contributed by atoms with Gasteiger partial charge in [-0.25, -0.2) is 18.4 Å². The van der Waals surface area contributed by atoms with Gasteiger partial charge in [0.2, 0.25) is 11.6 Å². The summed E-state index contributed by atoms with van der Waals surface area (Å²) < 4.78 is 29.5. The Kier molecular flexibility index (Phi) is 6.19. The number of hydrogen-bond acceptors (Lipinski definition) is 9. The lowest BCUT2D eigenvalue weighted by atomic mass is 10.3. The van der Waals surface area contributed by atoms with E-state index in [1.807, 2.05) is 0 Å². The summed E-state index contributed by atoms with van der Waals surface area (Å²) in [5, 5.41) is 14.4. The lowest BCUT2D eigenvalue weighted by Crippen LogP contribution is -2.14. The Hall–Kier alpha value is -3.02. The van der Waals surface area contributed by atoms with Crippen LogP contribution in [0.4, 0.5) is 10.2 Å². The van der Waals surface area contributed by atoms with Gasteiger partial charge in [-0.2, -0.15) is 0 Å². The van der Waals surface area contributed by atoms with Crippen LogP contribution in [0.15, 0.2) is 41.6 Å². The van der Waals surface area contributed by atoms with E-state index in [0.29, 0.717) is 31.0 Å². The van der Waals surface area contributed by atoms with E-state index in [1.54, 1.807) is 14.2 Å². The summed E-state index contributed by atoms with van der Waals surface area (Å²) in [6.45, 7) is 0.522. The summed E-state index contributed by atoms with van der Waals surface area (Å²) in [5.74, 6) is -0.235. The molecule has 3 rings (SSSR count). The van der Waals surface area contributed by atoms with E-state index in [4.69, 9.17) is 13.9 Å². The first-order valence-corrected chi connectivity index (χ1v) is 8.95. The number of halogens is 2. The lowest BCUT2D eigenvalue weighted by Gasteiger charge is -2.06. The second-order valence-electron chi connectivity index (χ2n) is 5.52. The van der Waals surface area contributed by atoms with Crippen LogP contribution >= 0.6 is 15.9 Å². The summed E-state index contributed by atoms with van der Waals surface area (Å²) >= 11 is 3.09. The number of anilines is 1. The first kappa shape index (κ1) is 19.7. The maximum absolute atomic E-state index is 13.5. The Morgan fingerprint density at radius 1 is 1.39 bits per heavy atom. The molecule has 0 aliphatic heterocycles. The first-order chi connectivity index (χ1) is 13.5. The first-order valence-electron chi connectivity index (χ1n) is 8.15. The van der Waals surface area contributed by atoms with Gasteiger partial charge in [-0.1, -0.05) is 5.16 Å². The van der Waals surface area contributed by atoms with Gasteiger partial charge in [0.15, 0.2) is 11.6 Å². The fraction of sp³-hybridized carbons (Fsp3) is 0.312. The molecule has 0 saturated heterocycles. The van der Waals surface area contributed by atoms with Gasteiger partial charge >= 0.3 is 5.76 Å². The highest BCUT2D eigenvalue weighted by molar-refractivity contribution is 9.10. The minimum absolute atomic E-state index is 0.0694. The van der Waals surface area contributed by atoms with Crippen molar-refractivity contribution in [1.82, 2.24) is 20.0 Å². The van der Waals surface area contributed by atoms with Crippen molar-refractivity contribution in [3.63, 3.8) is 0 Å². The van der Waals surface area contributed by atoms with Gasteiger partial charge in [-0.05, 0) is 50.9 Å². The average Bonchev–Trinajstić information content (AvgIpc) is 3.30. The van der Waals surface area contributed by atoms with Crippen molar-refractivity contribution in [3.8, 4) is 17.2 Å². The van der Waals surface area contributed by atoms with Crippen molar-refractivity contribution < 1.29 is 18.3 Å². The predicted octanol–water partition coefficient (Wildman–Crippen LogP) is 2.64. The van der Waals surface area contributed by atoms with Gasteiger partial charge in [0.1, 0.15) is 5.82 Å². The van der Waals surface area contributed by atoms with Crippen LogP contribution in [0, 0.1) is 5.82 Å². The highest BCUT2D eigenvalue weighted by atomic mass is 79.9. The van der Waals surface area contributed by atoms with E-state index in [9.17, 15) is 9.18 Å². The fourth-order valence-electron chi connectivity index (χ4n) is 2.45. The Morgan fingerprint density at radius 2 is 2.21 bits per heavy atom. The maximum atomic E-state index is 13.5. The van der Waals surface area contributed by atoms with Gasteiger partial charge < -0.3 is 10.1 Å². The van der Waals surface area contributed by atoms with Crippen molar-refractivity contribution in [1.29, 1.82) is 0 Å². The topological polar surface area (TPSA) is 121 Å². The standard InChI is InChI=1S/C16H16BrFN6O4/c1-19-12(26-2)4-3-7-20-14-13(21-28-22-14)15-23-27-16(25)24(15)9-5-6-11(18)10(17)8-9/h5-6,8H,3-4,7H2,1-2H3,(H,20,22)/b19-12-. The largest absolute Gasteiger partial charge is 0.484 e. The Morgan fingerprint density at radius 3 is 2.93 bits per heavy atom. The van der Waals surface area contributed by atoms with Gasteiger partial charge in [0, 0.05) is 20.0 Å². The van der Waals surface area contributed by atoms with E-state index >= 15 is 0 Å². The monoisotopic (exact) mass is 454 g/mol. The number of hydrogen-bond donors (Lipinski definition) is 1. The van der Waals surface area contributed by atoms with Crippen LogP contribution < -0.4 is 11.1 Å². The van der Waals surface area contributed by atoms with Crippen LogP contribution in [0.2, 0.25) is 0 Å². The zero-order valence-corrected chi connectivity index (χ0v) is 16.6. The molecule has 10 nitrogen and oxygen atoms in total. The molecule has 2 heterocycles. The molecule has 148 valence electrons. The maximum Gasteiger partial charge on any atom is 0.446 e. The molecule has 0 radical (unpaired) electrons. The molecule has 0 amide bonds. The minimum Gasteiger partial charge on any atom is -0.484 e. The normalized spacial score (nSPS) is 11.6. The number of nitrogens with zero attached hydrogens (tertiary/aromatic N) is 5. The molecule has 0 spiro atoms. The second kappa shape index (κ2) is 8.78. The van der Waals surface area contributed by atoms with Crippen molar-refractivity contribution in [2.45, 2.75) is 12.8 Å². The number of aromatic nitrogens is 4. The van der Waals surface area contributed by atoms with Crippen molar-refractivity contribution in [2.24, 2.45) is 4.99 Å². The van der Waals surface area contributed by atoms with E-state index in [-0.39, 0.29) is 21.8 Å². The Labute approximate surface area is 166 Å².